The van der Waals surface area contributed by atoms with Crippen molar-refractivity contribution in [3.05, 3.63) is 0 Å². The van der Waals surface area contributed by atoms with E-state index in [2.05, 4.69) is 0 Å². The number of carbonyl (C=O) groups is 1. The molecule has 0 radical (unpaired) electrons. The van der Waals surface area contributed by atoms with E-state index >= 15 is 0 Å². The van der Waals surface area contributed by atoms with Crippen molar-refractivity contribution in [1.82, 2.24) is 0 Å². The highest BCUT2D eigenvalue weighted by Crippen LogP contribution is 2.19. The maximum Gasteiger partial charge on any atom is 0.308 e. The molecule has 1 rings (SSSR count). The quantitative estimate of drug-likeness (QED) is 0.658. The van der Waals surface area contributed by atoms with Gasteiger partial charge in [-0.15, -0.1) is 0 Å². The van der Waals surface area contributed by atoms with Crippen molar-refractivity contribution in [2.24, 2.45) is 5.92 Å². The Morgan fingerprint density at radius 1 is 0.833 bits per heavy atom. The average molecular weight is 254 g/mol. The van der Waals surface area contributed by atoms with E-state index in [1.165, 1.54) is 57.8 Å². The van der Waals surface area contributed by atoms with Gasteiger partial charge < -0.3 is 4.74 Å². The summed E-state index contributed by atoms with van der Waals surface area (Å²) in [5.74, 6) is -0.0153. The van der Waals surface area contributed by atoms with Crippen molar-refractivity contribution in [2.75, 3.05) is 0 Å². The molecule has 0 N–H and O–H groups in total. The van der Waals surface area contributed by atoms with Crippen molar-refractivity contribution in [3.8, 4) is 0 Å². The Kier molecular flexibility index (Phi) is 8.11. The fourth-order valence-electron chi connectivity index (χ4n) is 2.54. The van der Waals surface area contributed by atoms with Gasteiger partial charge in [0.1, 0.15) is 6.10 Å². The summed E-state index contributed by atoms with van der Waals surface area (Å²) in [7, 11) is 0. The fraction of sp³-hybridized carbons (Fsp3) is 0.938. The minimum Gasteiger partial charge on any atom is -0.462 e. The Morgan fingerprint density at radius 3 is 1.61 bits per heavy atom. The van der Waals surface area contributed by atoms with E-state index in [0.717, 1.165) is 12.8 Å². The lowest BCUT2D eigenvalue weighted by Gasteiger charge is -2.19. The Morgan fingerprint density at radius 2 is 1.22 bits per heavy atom. The molecule has 0 aromatic heterocycles. The van der Waals surface area contributed by atoms with Crippen LogP contribution in [0, 0.1) is 5.92 Å². The summed E-state index contributed by atoms with van der Waals surface area (Å²) in [6, 6.07) is 0. The fourth-order valence-corrected chi connectivity index (χ4v) is 2.54. The van der Waals surface area contributed by atoms with Gasteiger partial charge in [-0.1, -0.05) is 58.8 Å². The number of ether oxygens (including phenoxy) is 1. The molecule has 0 amide bonds. The summed E-state index contributed by atoms with van der Waals surface area (Å²) in [5, 5.41) is 0. The molecule has 0 aromatic carbocycles. The topological polar surface area (TPSA) is 26.3 Å². The molecule has 0 spiro atoms. The molecule has 1 saturated carbocycles. The second-order valence-electron chi connectivity index (χ2n) is 5.97. The molecule has 0 aliphatic heterocycles. The van der Waals surface area contributed by atoms with Gasteiger partial charge in [-0.05, 0) is 25.7 Å². The van der Waals surface area contributed by atoms with Crippen LogP contribution in [0.25, 0.3) is 0 Å². The van der Waals surface area contributed by atoms with E-state index < -0.39 is 0 Å². The van der Waals surface area contributed by atoms with Gasteiger partial charge in [0.15, 0.2) is 0 Å². The first-order valence-corrected chi connectivity index (χ1v) is 7.90. The SMILES string of the molecule is CC(C)C(=O)OC1CCCCCCCCCCC1. The predicted molar refractivity (Wildman–Crippen MR) is 75.5 cm³/mol. The Labute approximate surface area is 112 Å². The highest BCUT2D eigenvalue weighted by atomic mass is 16.5. The predicted octanol–water partition coefficient (Wildman–Crippen LogP) is 4.86. The van der Waals surface area contributed by atoms with Crippen LogP contribution >= 0.6 is 0 Å². The van der Waals surface area contributed by atoms with E-state index in [9.17, 15) is 4.79 Å². The molecule has 18 heavy (non-hydrogen) atoms. The van der Waals surface area contributed by atoms with Gasteiger partial charge in [0.05, 0.1) is 5.92 Å². The van der Waals surface area contributed by atoms with Crippen LogP contribution in [-0.2, 0) is 9.53 Å². The number of esters is 1. The van der Waals surface area contributed by atoms with Crippen molar-refractivity contribution in [1.29, 1.82) is 0 Å². The molecule has 0 atom stereocenters. The lowest BCUT2D eigenvalue weighted by molar-refractivity contribution is -0.153. The van der Waals surface area contributed by atoms with Gasteiger partial charge in [-0.3, -0.25) is 4.79 Å². The van der Waals surface area contributed by atoms with Crippen LogP contribution in [0.3, 0.4) is 0 Å². The van der Waals surface area contributed by atoms with Crippen LogP contribution in [0.1, 0.15) is 84.5 Å². The maximum absolute atomic E-state index is 11.7. The summed E-state index contributed by atoms with van der Waals surface area (Å²) < 4.78 is 5.62. The zero-order valence-electron chi connectivity index (χ0n) is 12.2. The summed E-state index contributed by atoms with van der Waals surface area (Å²) in [6.45, 7) is 3.83. The van der Waals surface area contributed by atoms with Gasteiger partial charge in [-0.25, -0.2) is 0 Å². The van der Waals surface area contributed by atoms with E-state index in [1.54, 1.807) is 0 Å². The normalized spacial score (nSPS) is 21.1. The molecular formula is C16H30O2. The number of carbonyl (C=O) groups excluding carboxylic acids is 1. The molecule has 1 fully saturated rings. The second-order valence-corrected chi connectivity index (χ2v) is 5.97. The van der Waals surface area contributed by atoms with Gasteiger partial charge in [0.25, 0.3) is 0 Å². The van der Waals surface area contributed by atoms with Gasteiger partial charge in [0.2, 0.25) is 0 Å². The molecule has 2 heteroatoms. The van der Waals surface area contributed by atoms with Crippen molar-refractivity contribution in [2.45, 2.75) is 90.6 Å². The Balaban J connectivity index is 2.34. The lowest BCUT2D eigenvalue weighted by atomic mass is 9.99. The van der Waals surface area contributed by atoms with Crippen molar-refractivity contribution in [3.63, 3.8) is 0 Å². The summed E-state index contributed by atoms with van der Waals surface area (Å²) in [5.41, 5.74) is 0. The highest BCUT2D eigenvalue weighted by Gasteiger charge is 2.16. The standard InChI is InChI=1S/C16H30O2/c1-14(2)16(17)18-15-12-10-8-6-4-3-5-7-9-11-13-15/h14-15H,3-13H2,1-2H3. The van der Waals surface area contributed by atoms with Crippen molar-refractivity contribution >= 4 is 5.97 Å². The third kappa shape index (κ3) is 7.03. The molecule has 0 aromatic rings. The van der Waals surface area contributed by atoms with E-state index in [0.29, 0.717) is 0 Å². The Bertz CT molecular complexity index is 211. The zero-order valence-corrected chi connectivity index (χ0v) is 12.2. The first kappa shape index (κ1) is 15.5. The molecule has 2 nitrogen and oxygen atoms in total. The Hall–Kier alpha value is -0.530. The molecule has 1 aliphatic carbocycles. The first-order valence-electron chi connectivity index (χ1n) is 7.90. The molecule has 0 saturated heterocycles. The summed E-state index contributed by atoms with van der Waals surface area (Å²) >= 11 is 0. The zero-order chi connectivity index (χ0) is 13.2. The molecule has 0 bridgehead atoms. The van der Waals surface area contributed by atoms with Crippen LogP contribution < -0.4 is 0 Å². The van der Waals surface area contributed by atoms with E-state index in [4.69, 9.17) is 4.74 Å². The van der Waals surface area contributed by atoms with Crippen LogP contribution in [0.2, 0.25) is 0 Å². The number of hydrogen-bond donors (Lipinski definition) is 0. The third-order valence-electron chi connectivity index (χ3n) is 3.81. The lowest BCUT2D eigenvalue weighted by Crippen LogP contribution is -2.21. The largest absolute Gasteiger partial charge is 0.462 e. The average Bonchev–Trinajstić information content (AvgIpc) is 2.32. The van der Waals surface area contributed by atoms with Crippen LogP contribution in [0.5, 0.6) is 0 Å². The number of hydrogen-bond acceptors (Lipinski definition) is 2. The highest BCUT2D eigenvalue weighted by molar-refractivity contribution is 5.71. The first-order chi connectivity index (χ1) is 8.70. The minimum atomic E-state index is -0.0212. The summed E-state index contributed by atoms with van der Waals surface area (Å²) in [6.07, 6.45) is 14.2. The van der Waals surface area contributed by atoms with Crippen molar-refractivity contribution < 1.29 is 9.53 Å². The van der Waals surface area contributed by atoms with Gasteiger partial charge in [0, 0.05) is 0 Å². The summed E-state index contributed by atoms with van der Waals surface area (Å²) in [4.78, 5) is 11.7. The molecule has 106 valence electrons. The monoisotopic (exact) mass is 254 g/mol. The van der Waals surface area contributed by atoms with Crippen LogP contribution in [0.15, 0.2) is 0 Å². The van der Waals surface area contributed by atoms with E-state index in [-0.39, 0.29) is 18.0 Å². The number of rotatable bonds is 2. The second kappa shape index (κ2) is 9.41. The third-order valence-corrected chi connectivity index (χ3v) is 3.81. The maximum atomic E-state index is 11.7. The van der Waals surface area contributed by atoms with Crippen LogP contribution in [0.4, 0.5) is 0 Å². The van der Waals surface area contributed by atoms with Gasteiger partial charge >= 0.3 is 5.97 Å². The molecule has 0 heterocycles. The molecule has 1 aliphatic rings. The molecular weight excluding hydrogens is 224 g/mol. The van der Waals surface area contributed by atoms with Crippen LogP contribution in [-0.4, -0.2) is 12.1 Å². The molecule has 0 unspecified atom stereocenters. The smallest absolute Gasteiger partial charge is 0.308 e. The van der Waals surface area contributed by atoms with Gasteiger partial charge in [-0.2, -0.15) is 0 Å². The minimum absolute atomic E-state index is 0.00591. The van der Waals surface area contributed by atoms with E-state index in [1.807, 2.05) is 13.8 Å².